The Labute approximate surface area is 202 Å². The van der Waals surface area contributed by atoms with Gasteiger partial charge in [0.15, 0.2) is 0 Å². The van der Waals surface area contributed by atoms with E-state index >= 15 is 0 Å². The Hall–Kier alpha value is -4.25. The van der Waals surface area contributed by atoms with Crippen LogP contribution in [-0.2, 0) is 20.9 Å². The molecule has 186 valence electrons. The van der Waals surface area contributed by atoms with Crippen LogP contribution in [0.5, 0.6) is 0 Å². The van der Waals surface area contributed by atoms with E-state index in [1.54, 1.807) is 38.5 Å². The van der Waals surface area contributed by atoms with E-state index in [-0.39, 0.29) is 36.0 Å². The Morgan fingerprint density at radius 1 is 1.20 bits per heavy atom. The summed E-state index contributed by atoms with van der Waals surface area (Å²) in [6, 6.07) is 11.0. The van der Waals surface area contributed by atoms with E-state index in [0.29, 0.717) is 18.7 Å². The minimum Gasteiger partial charge on any atom is -0.387 e. The number of carbonyl (C=O) groups excluding carboxylic acids is 3. The van der Waals surface area contributed by atoms with E-state index in [4.69, 9.17) is 5.11 Å². The molecule has 11 heteroatoms. The van der Waals surface area contributed by atoms with Crippen LogP contribution in [0.1, 0.15) is 25.1 Å². The van der Waals surface area contributed by atoms with Gasteiger partial charge in [-0.05, 0) is 43.2 Å². The van der Waals surface area contributed by atoms with Crippen LogP contribution >= 0.6 is 0 Å². The lowest BCUT2D eigenvalue weighted by Gasteiger charge is -2.08. The van der Waals surface area contributed by atoms with E-state index in [1.165, 1.54) is 15.5 Å². The molecule has 0 unspecified atom stereocenters. The first-order chi connectivity index (χ1) is 16.7. The fraction of sp³-hybridized carbons (Fsp3) is 0.292. The Balaban J connectivity index is 0.000000784. The number of hydrogen-bond acceptors (Lipinski definition) is 6. The number of aliphatic hydroxyl groups excluding tert-OH is 1. The summed E-state index contributed by atoms with van der Waals surface area (Å²) in [6.07, 6.45) is 6.36. The zero-order valence-corrected chi connectivity index (χ0v) is 19.7. The number of anilines is 1. The molecule has 0 aliphatic heterocycles. The third-order valence-corrected chi connectivity index (χ3v) is 4.68. The van der Waals surface area contributed by atoms with Crippen LogP contribution in [-0.4, -0.2) is 63.0 Å². The number of nitrogens with one attached hydrogen (secondary N) is 2. The van der Waals surface area contributed by atoms with Crippen molar-refractivity contribution in [3.05, 3.63) is 70.9 Å². The smallest absolute Gasteiger partial charge is 0.274 e. The molecule has 0 saturated heterocycles. The maximum Gasteiger partial charge on any atom is 0.274 e. The van der Waals surface area contributed by atoms with Gasteiger partial charge in [0.1, 0.15) is 18.1 Å². The molecule has 0 saturated carbocycles. The highest BCUT2D eigenvalue weighted by Crippen LogP contribution is 2.11. The molecule has 0 aliphatic carbocycles. The highest BCUT2D eigenvalue weighted by Gasteiger charge is 2.09. The van der Waals surface area contributed by atoms with Gasteiger partial charge in [0.25, 0.3) is 5.56 Å². The zero-order chi connectivity index (χ0) is 25.8. The predicted molar refractivity (Wildman–Crippen MR) is 132 cm³/mol. The minimum absolute atomic E-state index is 0.0891. The molecule has 2 aromatic heterocycles. The summed E-state index contributed by atoms with van der Waals surface area (Å²) in [7, 11) is 3.36. The van der Waals surface area contributed by atoms with Crippen molar-refractivity contribution in [3.63, 3.8) is 0 Å². The first kappa shape index (κ1) is 27.0. The molecule has 0 spiro atoms. The third-order valence-electron chi connectivity index (χ3n) is 4.68. The molecule has 0 atom stereocenters. The number of nitrogens with zero attached hydrogens (tertiary/aromatic N) is 3. The SMILES string of the molecule is CN(C)C(=O)/C=C/CCCC(=O)Nc1cccn(Cc2nc3ccccc3[nH]2)c1=O.NC(=O)CO. The number of carbonyl (C=O) groups is 3. The number of primary amides is 1. The fourth-order valence-electron chi connectivity index (χ4n) is 2.92. The number of amides is 3. The van der Waals surface area contributed by atoms with Crippen molar-refractivity contribution in [2.24, 2.45) is 5.73 Å². The van der Waals surface area contributed by atoms with Gasteiger partial charge in [0.2, 0.25) is 17.7 Å². The number of rotatable bonds is 9. The molecule has 2 heterocycles. The molecule has 3 rings (SSSR count). The number of allylic oxidation sites excluding steroid dienone is 1. The number of imidazole rings is 1. The summed E-state index contributed by atoms with van der Waals surface area (Å²) in [5.41, 5.74) is 6.09. The van der Waals surface area contributed by atoms with Crippen LogP contribution in [0.15, 0.2) is 59.5 Å². The number of benzene rings is 1. The Morgan fingerprint density at radius 2 is 1.91 bits per heavy atom. The third kappa shape index (κ3) is 8.89. The maximum absolute atomic E-state index is 12.7. The molecule has 0 radical (unpaired) electrons. The number of likely N-dealkylation sites (N-methyl/N-ethyl adjacent to an activating group) is 1. The second-order valence-corrected chi connectivity index (χ2v) is 7.76. The lowest BCUT2D eigenvalue weighted by molar-refractivity contribution is -0.123. The van der Waals surface area contributed by atoms with Crippen LogP contribution in [0.2, 0.25) is 0 Å². The zero-order valence-electron chi connectivity index (χ0n) is 19.7. The van der Waals surface area contributed by atoms with Gasteiger partial charge in [0, 0.05) is 26.7 Å². The van der Waals surface area contributed by atoms with E-state index in [9.17, 15) is 19.2 Å². The van der Waals surface area contributed by atoms with Gasteiger partial charge in [0.05, 0.1) is 17.6 Å². The fourth-order valence-corrected chi connectivity index (χ4v) is 2.92. The number of H-pyrrole nitrogens is 1. The summed E-state index contributed by atoms with van der Waals surface area (Å²) in [4.78, 5) is 54.8. The molecular weight excluding hydrogens is 452 g/mol. The number of pyridine rings is 1. The number of aromatic amines is 1. The molecular formula is C24H30N6O5. The Bertz CT molecular complexity index is 1210. The molecule has 5 N–H and O–H groups in total. The molecule has 0 aliphatic rings. The normalized spacial score (nSPS) is 10.6. The summed E-state index contributed by atoms with van der Waals surface area (Å²) < 4.78 is 1.50. The second-order valence-electron chi connectivity index (χ2n) is 7.76. The van der Waals surface area contributed by atoms with Gasteiger partial charge in [-0.25, -0.2) is 4.98 Å². The molecule has 0 fully saturated rings. The van der Waals surface area contributed by atoms with Crippen molar-refractivity contribution in [2.45, 2.75) is 25.8 Å². The molecule has 3 amide bonds. The molecule has 11 nitrogen and oxygen atoms in total. The van der Waals surface area contributed by atoms with Gasteiger partial charge in [-0.3, -0.25) is 19.2 Å². The largest absolute Gasteiger partial charge is 0.387 e. The molecule has 3 aromatic rings. The number of aliphatic hydroxyl groups is 1. The van der Waals surface area contributed by atoms with Crippen molar-refractivity contribution < 1.29 is 19.5 Å². The highest BCUT2D eigenvalue weighted by atomic mass is 16.3. The maximum atomic E-state index is 12.7. The first-order valence-electron chi connectivity index (χ1n) is 10.9. The Morgan fingerprint density at radius 3 is 2.57 bits per heavy atom. The first-order valence-corrected chi connectivity index (χ1v) is 10.9. The quantitative estimate of drug-likeness (QED) is 0.262. The van der Waals surface area contributed by atoms with E-state index in [1.807, 2.05) is 24.3 Å². The summed E-state index contributed by atoms with van der Waals surface area (Å²) >= 11 is 0. The van der Waals surface area contributed by atoms with Crippen molar-refractivity contribution >= 4 is 34.4 Å². The lowest BCUT2D eigenvalue weighted by atomic mass is 10.2. The average Bonchev–Trinajstić information content (AvgIpc) is 3.24. The molecule has 35 heavy (non-hydrogen) atoms. The van der Waals surface area contributed by atoms with Gasteiger partial charge in [-0.15, -0.1) is 0 Å². The molecule has 0 bridgehead atoms. The van der Waals surface area contributed by atoms with Crippen molar-refractivity contribution in [1.82, 2.24) is 19.4 Å². The molecule has 1 aromatic carbocycles. The second kappa shape index (κ2) is 13.5. The van der Waals surface area contributed by atoms with Gasteiger partial charge < -0.3 is 30.6 Å². The Kier molecular flexibility index (Phi) is 10.4. The predicted octanol–water partition coefficient (Wildman–Crippen LogP) is 0.990. The van der Waals surface area contributed by atoms with E-state index in [2.05, 4.69) is 21.0 Å². The number of aromatic nitrogens is 3. The lowest BCUT2D eigenvalue weighted by Crippen LogP contribution is -2.26. The number of fused-ring (bicyclic) bond motifs is 1. The van der Waals surface area contributed by atoms with Gasteiger partial charge in [-0.1, -0.05) is 18.2 Å². The summed E-state index contributed by atoms with van der Waals surface area (Å²) in [6.45, 7) is -0.276. The number of hydrogen-bond donors (Lipinski definition) is 4. The van der Waals surface area contributed by atoms with Crippen molar-refractivity contribution in [1.29, 1.82) is 0 Å². The van der Waals surface area contributed by atoms with Crippen LogP contribution in [0.25, 0.3) is 11.0 Å². The monoisotopic (exact) mass is 482 g/mol. The number of nitrogens with two attached hydrogens (primary N) is 1. The highest BCUT2D eigenvalue weighted by molar-refractivity contribution is 5.90. The van der Waals surface area contributed by atoms with Gasteiger partial charge >= 0.3 is 0 Å². The number of para-hydroxylation sites is 2. The van der Waals surface area contributed by atoms with Crippen LogP contribution < -0.4 is 16.6 Å². The summed E-state index contributed by atoms with van der Waals surface area (Å²) in [5.74, 6) is -0.347. The average molecular weight is 483 g/mol. The van der Waals surface area contributed by atoms with E-state index < -0.39 is 12.5 Å². The summed E-state index contributed by atoms with van der Waals surface area (Å²) in [5, 5.41) is 10.3. The van der Waals surface area contributed by atoms with Crippen LogP contribution in [0.3, 0.4) is 0 Å². The van der Waals surface area contributed by atoms with Crippen LogP contribution in [0, 0.1) is 0 Å². The topological polar surface area (TPSA) is 163 Å². The van der Waals surface area contributed by atoms with Crippen molar-refractivity contribution in [2.75, 3.05) is 26.0 Å². The van der Waals surface area contributed by atoms with Crippen LogP contribution in [0.4, 0.5) is 5.69 Å². The van der Waals surface area contributed by atoms with E-state index in [0.717, 1.165) is 11.0 Å². The minimum atomic E-state index is -0.690. The standard InChI is InChI=1S/C22H25N5O3.C2H5NO2/c1-26(2)21(29)13-5-3-4-12-20(28)25-18-11-8-14-27(22(18)30)15-19-23-16-9-6-7-10-17(16)24-19;3-2(5)1-4/h5-11,13-14H,3-4,12,15H2,1-2H3,(H,23,24)(H,25,28);4H,1H2,(H2,3,5)/b13-5+;. The van der Waals surface area contributed by atoms with Gasteiger partial charge in [-0.2, -0.15) is 0 Å². The van der Waals surface area contributed by atoms with Crippen molar-refractivity contribution in [3.8, 4) is 0 Å². The number of unbranched alkanes of at least 4 members (excludes halogenated alkanes) is 1.